The van der Waals surface area contributed by atoms with Crippen molar-refractivity contribution < 1.29 is 18.6 Å². The molecular formula is C12H10N4O4S. The number of nitrogens with zero attached hydrogens (tertiary/aromatic N) is 2. The lowest BCUT2D eigenvalue weighted by molar-refractivity contribution is 0.440. The first-order valence-corrected chi connectivity index (χ1v) is 7.29. The topological polar surface area (TPSA) is 128 Å². The molecule has 3 rings (SSSR count). The van der Waals surface area contributed by atoms with Gasteiger partial charge in [-0.05, 0) is 30.3 Å². The van der Waals surface area contributed by atoms with Crippen LogP contribution in [0.15, 0.2) is 41.3 Å². The molecular weight excluding hydrogens is 296 g/mol. The number of anilines is 1. The number of phenolic OH excluding ortho intramolecular Hbond substituents is 2. The van der Waals surface area contributed by atoms with Crippen LogP contribution < -0.4 is 4.72 Å². The van der Waals surface area contributed by atoms with Gasteiger partial charge in [-0.1, -0.05) is 0 Å². The maximum atomic E-state index is 12.2. The Morgan fingerprint density at radius 3 is 2.52 bits per heavy atom. The van der Waals surface area contributed by atoms with Gasteiger partial charge >= 0.3 is 0 Å². The van der Waals surface area contributed by atoms with E-state index < -0.39 is 15.8 Å². The third-order valence-corrected chi connectivity index (χ3v) is 4.23. The highest BCUT2D eigenvalue weighted by Gasteiger charge is 2.19. The number of sulfonamides is 1. The molecule has 9 heteroatoms. The summed E-state index contributed by atoms with van der Waals surface area (Å²) in [6.45, 7) is 0. The highest BCUT2D eigenvalue weighted by molar-refractivity contribution is 7.92. The molecule has 1 heterocycles. The number of hydrogen-bond acceptors (Lipinski definition) is 6. The summed E-state index contributed by atoms with van der Waals surface area (Å²) in [4.78, 5) is -0.333. The van der Waals surface area contributed by atoms with Crippen molar-refractivity contribution in [2.75, 3.05) is 4.72 Å². The monoisotopic (exact) mass is 306 g/mol. The molecule has 0 aliphatic heterocycles. The smallest absolute Gasteiger partial charge is 0.265 e. The summed E-state index contributed by atoms with van der Waals surface area (Å²) in [5, 5.41) is 29.0. The van der Waals surface area contributed by atoms with Crippen molar-refractivity contribution >= 4 is 26.7 Å². The molecule has 108 valence electrons. The van der Waals surface area contributed by atoms with Gasteiger partial charge in [-0.15, -0.1) is 0 Å². The van der Waals surface area contributed by atoms with Crippen LogP contribution in [0.5, 0.6) is 11.5 Å². The van der Waals surface area contributed by atoms with Crippen LogP contribution in [0.3, 0.4) is 0 Å². The number of phenols is 2. The Hall–Kier alpha value is -2.81. The molecule has 3 aromatic rings. The van der Waals surface area contributed by atoms with Crippen molar-refractivity contribution in [1.82, 2.24) is 15.4 Å². The van der Waals surface area contributed by atoms with Gasteiger partial charge in [-0.3, -0.25) is 4.72 Å². The Bertz CT molecular complexity index is 920. The molecule has 0 saturated carbocycles. The first-order chi connectivity index (χ1) is 9.95. The van der Waals surface area contributed by atoms with Gasteiger partial charge in [-0.25, -0.2) is 8.42 Å². The van der Waals surface area contributed by atoms with Crippen LogP contribution in [0.4, 0.5) is 5.69 Å². The number of aromatic amines is 1. The van der Waals surface area contributed by atoms with Gasteiger partial charge < -0.3 is 10.2 Å². The van der Waals surface area contributed by atoms with Crippen LogP contribution in [0.1, 0.15) is 0 Å². The van der Waals surface area contributed by atoms with Crippen LogP contribution in [0.25, 0.3) is 11.0 Å². The second-order valence-corrected chi connectivity index (χ2v) is 5.94. The minimum Gasteiger partial charge on any atom is -0.508 e. The molecule has 0 bridgehead atoms. The Balaban J connectivity index is 1.98. The molecule has 1 aromatic heterocycles. The molecule has 0 fully saturated rings. The van der Waals surface area contributed by atoms with Crippen molar-refractivity contribution in [2.24, 2.45) is 0 Å². The standard InChI is InChI=1S/C12H10N4O4S/c17-8-2-4-12(11(18)6-8)21(19,20)15-7-1-3-9-10(5-7)14-16-13-9/h1-6,15,17-18H,(H,13,14,16). The quantitative estimate of drug-likeness (QED) is 0.575. The summed E-state index contributed by atoms with van der Waals surface area (Å²) >= 11 is 0. The second kappa shape index (κ2) is 4.63. The number of rotatable bonds is 3. The Labute approximate surface area is 119 Å². The van der Waals surface area contributed by atoms with Crippen molar-refractivity contribution in [3.05, 3.63) is 36.4 Å². The zero-order valence-corrected chi connectivity index (χ0v) is 11.3. The van der Waals surface area contributed by atoms with Gasteiger partial charge in [0.25, 0.3) is 10.0 Å². The number of H-pyrrole nitrogens is 1. The number of hydrogen-bond donors (Lipinski definition) is 4. The molecule has 21 heavy (non-hydrogen) atoms. The van der Waals surface area contributed by atoms with Gasteiger partial charge in [0.15, 0.2) is 0 Å². The van der Waals surface area contributed by atoms with Gasteiger partial charge in [0.1, 0.15) is 27.4 Å². The molecule has 0 unspecified atom stereocenters. The van der Waals surface area contributed by atoms with Crippen molar-refractivity contribution in [1.29, 1.82) is 0 Å². The fourth-order valence-electron chi connectivity index (χ4n) is 1.85. The SMILES string of the molecule is O=S(=O)(Nc1ccc2n[nH]nc2c1)c1ccc(O)cc1O. The van der Waals surface area contributed by atoms with E-state index in [0.29, 0.717) is 11.0 Å². The predicted molar refractivity (Wildman–Crippen MR) is 74.5 cm³/mol. The zero-order chi connectivity index (χ0) is 15.0. The Morgan fingerprint density at radius 2 is 1.76 bits per heavy atom. The van der Waals surface area contributed by atoms with Crippen molar-refractivity contribution in [3.63, 3.8) is 0 Å². The number of nitrogens with one attached hydrogen (secondary N) is 2. The maximum absolute atomic E-state index is 12.2. The lowest BCUT2D eigenvalue weighted by Gasteiger charge is -2.09. The fourth-order valence-corrected chi connectivity index (χ4v) is 2.98. The first-order valence-electron chi connectivity index (χ1n) is 5.81. The maximum Gasteiger partial charge on any atom is 0.265 e. The highest BCUT2D eigenvalue weighted by Crippen LogP contribution is 2.28. The van der Waals surface area contributed by atoms with Crippen LogP contribution in [-0.2, 0) is 10.0 Å². The van der Waals surface area contributed by atoms with E-state index in [2.05, 4.69) is 20.1 Å². The van der Waals surface area contributed by atoms with Crippen molar-refractivity contribution in [2.45, 2.75) is 4.90 Å². The van der Waals surface area contributed by atoms with Gasteiger partial charge in [-0.2, -0.15) is 15.4 Å². The fraction of sp³-hybridized carbons (Fsp3) is 0. The number of fused-ring (bicyclic) bond motifs is 1. The van der Waals surface area contributed by atoms with Gasteiger partial charge in [0.05, 0.1) is 5.69 Å². The third-order valence-electron chi connectivity index (χ3n) is 2.80. The Kier molecular flexibility index (Phi) is 2.91. The van der Waals surface area contributed by atoms with Crippen LogP contribution in [0, 0.1) is 0 Å². The summed E-state index contributed by atoms with van der Waals surface area (Å²) in [5.41, 5.74) is 1.39. The third kappa shape index (κ3) is 2.46. The molecule has 4 N–H and O–H groups in total. The summed E-state index contributed by atoms with van der Waals surface area (Å²) in [6, 6.07) is 7.88. The molecule has 0 aliphatic rings. The van der Waals surface area contributed by atoms with E-state index in [1.165, 1.54) is 18.2 Å². The average Bonchev–Trinajstić information content (AvgIpc) is 2.85. The summed E-state index contributed by atoms with van der Waals surface area (Å²) in [5.74, 6) is -0.763. The van der Waals surface area contributed by atoms with E-state index in [9.17, 15) is 18.6 Å². The van der Waals surface area contributed by atoms with Crippen LogP contribution in [-0.4, -0.2) is 34.0 Å². The molecule has 0 radical (unpaired) electrons. The highest BCUT2D eigenvalue weighted by atomic mass is 32.2. The molecule has 0 spiro atoms. The minimum atomic E-state index is -3.98. The number of benzene rings is 2. The number of aromatic hydroxyl groups is 2. The molecule has 0 amide bonds. The van der Waals surface area contributed by atoms with E-state index in [0.717, 1.165) is 12.1 Å². The molecule has 0 atom stereocenters. The lowest BCUT2D eigenvalue weighted by Crippen LogP contribution is -2.13. The summed E-state index contributed by atoms with van der Waals surface area (Å²) in [7, 11) is -3.98. The van der Waals surface area contributed by atoms with E-state index in [1.54, 1.807) is 6.07 Å². The summed E-state index contributed by atoms with van der Waals surface area (Å²) < 4.78 is 26.7. The largest absolute Gasteiger partial charge is 0.508 e. The Morgan fingerprint density at radius 1 is 1.00 bits per heavy atom. The molecule has 8 nitrogen and oxygen atoms in total. The zero-order valence-electron chi connectivity index (χ0n) is 10.5. The van der Waals surface area contributed by atoms with Gasteiger partial charge in [0, 0.05) is 6.07 Å². The first kappa shape index (κ1) is 13.2. The summed E-state index contributed by atoms with van der Waals surface area (Å²) in [6.07, 6.45) is 0. The lowest BCUT2D eigenvalue weighted by atomic mass is 10.3. The molecule has 2 aromatic carbocycles. The second-order valence-electron chi connectivity index (χ2n) is 4.28. The number of aromatic nitrogens is 3. The van der Waals surface area contributed by atoms with E-state index in [4.69, 9.17) is 0 Å². The van der Waals surface area contributed by atoms with Gasteiger partial charge in [0.2, 0.25) is 0 Å². The molecule has 0 saturated heterocycles. The van der Waals surface area contributed by atoms with E-state index in [1.807, 2.05) is 0 Å². The molecule has 0 aliphatic carbocycles. The van der Waals surface area contributed by atoms with E-state index in [-0.39, 0.29) is 16.3 Å². The average molecular weight is 306 g/mol. The van der Waals surface area contributed by atoms with Crippen LogP contribution >= 0.6 is 0 Å². The van der Waals surface area contributed by atoms with Crippen molar-refractivity contribution in [3.8, 4) is 11.5 Å². The van der Waals surface area contributed by atoms with E-state index >= 15 is 0 Å². The predicted octanol–water partition coefficient (Wildman–Crippen LogP) is 1.17. The normalized spacial score (nSPS) is 11.6. The minimum absolute atomic E-state index is 0.226. The van der Waals surface area contributed by atoms with Crippen LogP contribution in [0.2, 0.25) is 0 Å².